The van der Waals surface area contributed by atoms with Gasteiger partial charge in [-0.15, -0.1) is 13.2 Å². The van der Waals surface area contributed by atoms with Crippen LogP contribution >= 0.6 is 11.6 Å². The highest BCUT2D eigenvalue weighted by atomic mass is 35.5. The molecule has 1 atom stereocenters. The number of alkyl halides is 3. The van der Waals surface area contributed by atoms with Gasteiger partial charge < -0.3 is 20.5 Å². The number of fused-ring (bicyclic) bond motifs is 1. The van der Waals surface area contributed by atoms with Crippen LogP contribution in [0, 0.1) is 0 Å². The number of ether oxygens (including phenoxy) is 2. The lowest BCUT2D eigenvalue weighted by Gasteiger charge is -2.21. The van der Waals surface area contributed by atoms with Crippen molar-refractivity contribution in [3.63, 3.8) is 0 Å². The third-order valence-electron chi connectivity index (χ3n) is 4.38. The molecular formula is C19H16ClF3N4O4. The van der Waals surface area contributed by atoms with Gasteiger partial charge in [-0.2, -0.15) is 5.10 Å². The maximum atomic E-state index is 12.3. The van der Waals surface area contributed by atoms with Crippen LogP contribution in [0.3, 0.4) is 0 Å². The number of nitrogens with two attached hydrogens (primary N) is 1. The Labute approximate surface area is 179 Å². The van der Waals surface area contributed by atoms with E-state index in [0.29, 0.717) is 16.1 Å². The topological polar surface area (TPSA) is 115 Å². The highest BCUT2D eigenvalue weighted by Crippen LogP contribution is 2.32. The number of nitrogens with one attached hydrogen (secondary N) is 2. The fourth-order valence-corrected chi connectivity index (χ4v) is 3.28. The van der Waals surface area contributed by atoms with Crippen LogP contribution in [-0.2, 0) is 16.0 Å². The summed E-state index contributed by atoms with van der Waals surface area (Å²) in [5.74, 6) is -1.19. The molecule has 0 bridgehead atoms. The van der Waals surface area contributed by atoms with E-state index in [4.69, 9.17) is 22.1 Å². The molecule has 4 N–H and O–H groups in total. The molecule has 12 heteroatoms. The van der Waals surface area contributed by atoms with E-state index in [-0.39, 0.29) is 17.8 Å². The smallest absolute Gasteiger partial charge is 0.467 e. The first kappa shape index (κ1) is 22.4. The van der Waals surface area contributed by atoms with Crippen LogP contribution in [-0.4, -0.2) is 36.7 Å². The van der Waals surface area contributed by atoms with Gasteiger partial charge in [0.1, 0.15) is 11.5 Å². The van der Waals surface area contributed by atoms with E-state index >= 15 is 0 Å². The minimum Gasteiger partial charge on any atom is -0.467 e. The summed E-state index contributed by atoms with van der Waals surface area (Å²) in [5, 5.41) is 6.82. The van der Waals surface area contributed by atoms with Gasteiger partial charge in [0.2, 0.25) is 0 Å². The third kappa shape index (κ3) is 5.06. The molecule has 0 fully saturated rings. The lowest BCUT2D eigenvalue weighted by Crippen LogP contribution is -2.55. The first-order chi connectivity index (χ1) is 14.5. The number of amides is 2. The highest BCUT2D eigenvalue weighted by molar-refractivity contribution is 6.31. The van der Waals surface area contributed by atoms with Gasteiger partial charge in [0.05, 0.1) is 7.11 Å². The van der Waals surface area contributed by atoms with E-state index in [2.05, 4.69) is 20.6 Å². The van der Waals surface area contributed by atoms with Crippen LogP contribution < -0.4 is 21.2 Å². The standard InChI is InChI=1S/C19H16ClF3N4O4/c1-30-16(28)18(24)9-10-8-11(20)2-7-14(10)15(18)26-27-17(29)25-12-3-5-13(6-4-12)31-19(21,22)23/h2-8H,9,24H2,1H3,(H2,25,27,29). The molecule has 1 aliphatic rings. The number of halogens is 4. The molecule has 31 heavy (non-hydrogen) atoms. The Morgan fingerprint density at radius 2 is 1.87 bits per heavy atom. The Kier molecular flexibility index (Phi) is 6.09. The average Bonchev–Trinajstić information content (AvgIpc) is 2.97. The lowest BCUT2D eigenvalue weighted by molar-refractivity contribution is -0.274. The SMILES string of the molecule is COC(=O)C1(N)Cc2cc(Cl)ccc2C1=NNC(=O)Nc1ccc(OC(F)(F)F)cc1. The van der Waals surface area contributed by atoms with Crippen LogP contribution in [0.25, 0.3) is 0 Å². The number of carbonyl (C=O) groups excluding carboxylic acids is 2. The highest BCUT2D eigenvalue weighted by Gasteiger charge is 2.48. The monoisotopic (exact) mass is 456 g/mol. The molecule has 0 spiro atoms. The summed E-state index contributed by atoms with van der Waals surface area (Å²) in [4.78, 5) is 24.5. The molecule has 0 saturated heterocycles. The van der Waals surface area contributed by atoms with E-state index in [0.717, 1.165) is 12.1 Å². The van der Waals surface area contributed by atoms with Crippen molar-refractivity contribution in [2.75, 3.05) is 12.4 Å². The molecule has 0 heterocycles. The molecule has 0 aromatic heterocycles. The molecule has 2 aromatic rings. The minimum atomic E-state index is -4.82. The zero-order valence-corrected chi connectivity index (χ0v) is 16.7. The molecule has 8 nitrogen and oxygen atoms in total. The quantitative estimate of drug-likeness (QED) is 0.483. The number of anilines is 1. The second-order valence-electron chi connectivity index (χ2n) is 6.54. The zero-order valence-electron chi connectivity index (χ0n) is 15.9. The molecule has 1 aliphatic carbocycles. The van der Waals surface area contributed by atoms with E-state index in [1.807, 2.05) is 0 Å². The first-order valence-electron chi connectivity index (χ1n) is 8.69. The van der Waals surface area contributed by atoms with Crippen LogP contribution in [0.1, 0.15) is 11.1 Å². The van der Waals surface area contributed by atoms with Gasteiger partial charge in [-0.1, -0.05) is 17.7 Å². The molecule has 2 amide bonds. The maximum Gasteiger partial charge on any atom is 0.573 e. The summed E-state index contributed by atoms with van der Waals surface area (Å²) >= 11 is 5.99. The third-order valence-corrected chi connectivity index (χ3v) is 4.61. The Morgan fingerprint density at radius 1 is 1.19 bits per heavy atom. The normalized spacial score (nSPS) is 19.0. The molecular weight excluding hydrogens is 441 g/mol. The molecule has 1 unspecified atom stereocenters. The summed E-state index contributed by atoms with van der Waals surface area (Å²) in [6.45, 7) is 0. The van der Waals surface area contributed by atoms with E-state index < -0.39 is 29.7 Å². The largest absolute Gasteiger partial charge is 0.573 e. The van der Waals surface area contributed by atoms with Gasteiger partial charge >= 0.3 is 18.4 Å². The van der Waals surface area contributed by atoms with Crippen LogP contribution in [0.5, 0.6) is 5.75 Å². The van der Waals surface area contributed by atoms with Crippen LogP contribution in [0.2, 0.25) is 5.02 Å². The summed E-state index contributed by atoms with van der Waals surface area (Å²) in [6.07, 6.45) is -4.75. The number of nitrogens with zero attached hydrogens (tertiary/aromatic N) is 1. The number of benzene rings is 2. The van der Waals surface area contributed by atoms with Crippen molar-refractivity contribution in [2.45, 2.75) is 18.3 Å². The minimum absolute atomic E-state index is 0.0678. The predicted octanol–water partition coefficient (Wildman–Crippen LogP) is 3.19. The average molecular weight is 457 g/mol. The van der Waals surface area contributed by atoms with Gasteiger partial charge in [-0.05, 0) is 42.0 Å². The van der Waals surface area contributed by atoms with Crippen molar-refractivity contribution in [3.05, 3.63) is 58.6 Å². The van der Waals surface area contributed by atoms with Crippen molar-refractivity contribution >= 4 is 35.0 Å². The number of hydrogen-bond donors (Lipinski definition) is 3. The molecule has 3 rings (SSSR count). The fraction of sp³-hybridized carbons (Fsp3) is 0.211. The molecule has 0 saturated carbocycles. The van der Waals surface area contributed by atoms with Crippen molar-refractivity contribution < 1.29 is 32.2 Å². The maximum absolute atomic E-state index is 12.3. The summed E-state index contributed by atoms with van der Waals surface area (Å²) in [6, 6.07) is 8.52. The number of hydrazone groups is 1. The van der Waals surface area contributed by atoms with E-state index in [9.17, 15) is 22.8 Å². The predicted molar refractivity (Wildman–Crippen MR) is 106 cm³/mol. The van der Waals surface area contributed by atoms with Crippen molar-refractivity contribution in [2.24, 2.45) is 10.8 Å². The van der Waals surface area contributed by atoms with Gasteiger partial charge in [-0.25, -0.2) is 15.0 Å². The summed E-state index contributed by atoms with van der Waals surface area (Å²) in [7, 11) is 1.18. The number of esters is 1. The molecule has 164 valence electrons. The van der Waals surface area contributed by atoms with Crippen molar-refractivity contribution in [3.8, 4) is 5.75 Å². The Bertz CT molecular complexity index is 1040. The van der Waals surface area contributed by atoms with Crippen molar-refractivity contribution in [1.82, 2.24) is 5.43 Å². The number of carbonyl (C=O) groups is 2. The van der Waals surface area contributed by atoms with Gasteiger partial charge in [0.15, 0.2) is 5.54 Å². The second-order valence-corrected chi connectivity index (χ2v) is 6.98. The van der Waals surface area contributed by atoms with Crippen LogP contribution in [0.15, 0.2) is 47.6 Å². The van der Waals surface area contributed by atoms with E-state index in [1.54, 1.807) is 18.2 Å². The van der Waals surface area contributed by atoms with Crippen molar-refractivity contribution in [1.29, 1.82) is 0 Å². The number of methoxy groups -OCH3 is 1. The zero-order chi connectivity index (χ0) is 22.8. The molecule has 0 aliphatic heterocycles. The first-order valence-corrected chi connectivity index (χ1v) is 9.07. The molecule has 2 aromatic carbocycles. The second kappa shape index (κ2) is 8.44. The molecule has 0 radical (unpaired) electrons. The van der Waals surface area contributed by atoms with Gasteiger partial charge in [-0.3, -0.25) is 0 Å². The lowest BCUT2D eigenvalue weighted by atomic mass is 9.95. The van der Waals surface area contributed by atoms with E-state index in [1.165, 1.54) is 19.2 Å². The fourth-order valence-electron chi connectivity index (χ4n) is 3.08. The Balaban J connectivity index is 1.76. The number of hydrogen-bond acceptors (Lipinski definition) is 6. The summed E-state index contributed by atoms with van der Waals surface area (Å²) in [5.41, 5.74) is 8.26. The number of rotatable bonds is 4. The van der Waals surface area contributed by atoms with Gasteiger partial charge in [0, 0.05) is 22.7 Å². The number of urea groups is 1. The summed E-state index contributed by atoms with van der Waals surface area (Å²) < 4.78 is 45.2. The van der Waals surface area contributed by atoms with Crippen LogP contribution in [0.4, 0.5) is 23.7 Å². The van der Waals surface area contributed by atoms with Gasteiger partial charge in [0.25, 0.3) is 0 Å². The Morgan fingerprint density at radius 3 is 2.48 bits per heavy atom. The Hall–Kier alpha value is -3.31.